The summed E-state index contributed by atoms with van der Waals surface area (Å²) in [4.78, 5) is 1.30. The molecule has 0 unspecified atom stereocenters. The minimum absolute atomic E-state index is 0.687. The molecule has 2 nitrogen and oxygen atoms in total. The Morgan fingerprint density at radius 2 is 1.74 bits per heavy atom. The van der Waals surface area contributed by atoms with Crippen molar-refractivity contribution in [2.24, 2.45) is 5.92 Å². The molecule has 0 saturated carbocycles. The first-order valence-electron chi connectivity index (χ1n) is 7.95. The van der Waals surface area contributed by atoms with E-state index >= 15 is 0 Å². The number of thiocarbonyl (C=S) groups is 1. The molecule has 0 aliphatic heterocycles. The SMILES string of the molecule is CC(C)CCNC(=S)Nc1ccc(CSc2ccccc2)cc1. The van der Waals surface area contributed by atoms with E-state index in [1.807, 2.05) is 17.8 Å². The molecule has 23 heavy (non-hydrogen) atoms. The minimum Gasteiger partial charge on any atom is -0.362 e. The van der Waals surface area contributed by atoms with E-state index in [1.54, 1.807) is 0 Å². The number of benzene rings is 2. The molecule has 0 radical (unpaired) electrons. The van der Waals surface area contributed by atoms with E-state index in [2.05, 4.69) is 73.0 Å². The molecule has 2 aromatic carbocycles. The summed E-state index contributed by atoms with van der Waals surface area (Å²) in [6.07, 6.45) is 1.12. The second-order valence-corrected chi connectivity index (χ2v) is 7.32. The fourth-order valence-corrected chi connectivity index (χ4v) is 3.11. The molecule has 0 spiro atoms. The second-order valence-electron chi connectivity index (χ2n) is 5.86. The molecular formula is C19H24N2S2. The first-order chi connectivity index (χ1) is 11.1. The molecule has 0 aliphatic rings. The lowest BCUT2D eigenvalue weighted by Gasteiger charge is -2.12. The molecule has 2 rings (SSSR count). The molecular weight excluding hydrogens is 320 g/mol. The summed E-state index contributed by atoms with van der Waals surface area (Å²) in [7, 11) is 0. The lowest BCUT2D eigenvalue weighted by atomic mass is 10.1. The van der Waals surface area contributed by atoms with Gasteiger partial charge in [0.15, 0.2) is 5.11 Å². The number of hydrogen-bond donors (Lipinski definition) is 2. The second kappa shape index (κ2) is 9.58. The van der Waals surface area contributed by atoms with Gasteiger partial charge in [0, 0.05) is 22.9 Å². The van der Waals surface area contributed by atoms with Gasteiger partial charge in [-0.3, -0.25) is 0 Å². The van der Waals surface area contributed by atoms with Crippen LogP contribution in [0, 0.1) is 5.92 Å². The minimum atomic E-state index is 0.687. The summed E-state index contributed by atoms with van der Waals surface area (Å²) < 4.78 is 0. The number of nitrogens with one attached hydrogen (secondary N) is 2. The standard InChI is InChI=1S/C19H24N2S2/c1-15(2)12-13-20-19(22)21-17-10-8-16(9-11-17)14-23-18-6-4-3-5-7-18/h3-11,15H,12-14H2,1-2H3,(H2,20,21,22). The smallest absolute Gasteiger partial charge is 0.170 e. The quantitative estimate of drug-likeness (QED) is 0.525. The van der Waals surface area contributed by atoms with E-state index in [0.717, 1.165) is 24.4 Å². The average Bonchev–Trinajstić information content (AvgIpc) is 2.55. The van der Waals surface area contributed by atoms with Gasteiger partial charge >= 0.3 is 0 Å². The van der Waals surface area contributed by atoms with Gasteiger partial charge in [-0.1, -0.05) is 44.2 Å². The molecule has 2 aromatic rings. The van der Waals surface area contributed by atoms with Crippen molar-refractivity contribution in [3.63, 3.8) is 0 Å². The zero-order valence-corrected chi connectivity index (χ0v) is 15.3. The van der Waals surface area contributed by atoms with E-state index in [0.29, 0.717) is 11.0 Å². The van der Waals surface area contributed by atoms with E-state index in [4.69, 9.17) is 12.2 Å². The van der Waals surface area contributed by atoms with Gasteiger partial charge < -0.3 is 10.6 Å². The van der Waals surface area contributed by atoms with Gasteiger partial charge in [-0.25, -0.2) is 0 Å². The summed E-state index contributed by atoms with van der Waals surface area (Å²) in [6, 6.07) is 18.9. The first-order valence-corrected chi connectivity index (χ1v) is 9.34. The van der Waals surface area contributed by atoms with Crippen LogP contribution in [-0.4, -0.2) is 11.7 Å². The lowest BCUT2D eigenvalue weighted by Crippen LogP contribution is -2.29. The Morgan fingerprint density at radius 3 is 2.39 bits per heavy atom. The van der Waals surface area contributed by atoms with Crippen molar-refractivity contribution in [1.29, 1.82) is 0 Å². The Morgan fingerprint density at radius 1 is 1.04 bits per heavy atom. The fourth-order valence-electron chi connectivity index (χ4n) is 2.02. The highest BCUT2D eigenvalue weighted by Crippen LogP contribution is 2.23. The Kier molecular flexibility index (Phi) is 7.43. The summed E-state index contributed by atoms with van der Waals surface area (Å²) in [5.74, 6) is 1.66. The third-order valence-electron chi connectivity index (χ3n) is 3.37. The molecule has 0 aliphatic carbocycles. The van der Waals surface area contributed by atoms with Gasteiger partial charge in [0.2, 0.25) is 0 Å². The highest BCUT2D eigenvalue weighted by atomic mass is 32.2. The molecule has 0 atom stereocenters. The van der Waals surface area contributed by atoms with Crippen molar-refractivity contribution in [2.75, 3.05) is 11.9 Å². The van der Waals surface area contributed by atoms with Crippen molar-refractivity contribution in [2.45, 2.75) is 30.9 Å². The maximum Gasteiger partial charge on any atom is 0.170 e. The van der Waals surface area contributed by atoms with E-state index in [1.165, 1.54) is 10.5 Å². The molecule has 0 aromatic heterocycles. The third kappa shape index (κ3) is 7.06. The zero-order valence-electron chi connectivity index (χ0n) is 13.7. The third-order valence-corrected chi connectivity index (χ3v) is 4.70. The molecule has 0 bridgehead atoms. The van der Waals surface area contributed by atoms with Crippen LogP contribution in [0.3, 0.4) is 0 Å². The molecule has 4 heteroatoms. The van der Waals surface area contributed by atoms with Crippen molar-refractivity contribution in [3.8, 4) is 0 Å². The molecule has 0 fully saturated rings. The maximum atomic E-state index is 5.31. The largest absolute Gasteiger partial charge is 0.362 e. The van der Waals surface area contributed by atoms with Crippen LogP contribution in [-0.2, 0) is 5.75 Å². The monoisotopic (exact) mass is 344 g/mol. The van der Waals surface area contributed by atoms with Gasteiger partial charge in [0.1, 0.15) is 0 Å². The molecule has 0 heterocycles. The van der Waals surface area contributed by atoms with Crippen LogP contribution in [0.1, 0.15) is 25.8 Å². The van der Waals surface area contributed by atoms with Gasteiger partial charge in [0.25, 0.3) is 0 Å². The van der Waals surface area contributed by atoms with Crippen molar-refractivity contribution in [3.05, 3.63) is 60.2 Å². The number of anilines is 1. The van der Waals surface area contributed by atoms with Crippen LogP contribution >= 0.6 is 24.0 Å². The highest BCUT2D eigenvalue weighted by molar-refractivity contribution is 7.98. The fraction of sp³-hybridized carbons (Fsp3) is 0.316. The summed E-state index contributed by atoms with van der Waals surface area (Å²) in [5, 5.41) is 7.16. The first kappa shape index (κ1) is 17.8. The number of thioether (sulfide) groups is 1. The van der Waals surface area contributed by atoms with Gasteiger partial charge in [-0.05, 0) is 54.4 Å². The predicted octanol–water partition coefficient (Wildman–Crippen LogP) is 5.31. The molecule has 0 saturated heterocycles. The number of hydrogen-bond acceptors (Lipinski definition) is 2. The Bertz CT molecular complexity index is 595. The van der Waals surface area contributed by atoms with Crippen LogP contribution in [0.15, 0.2) is 59.5 Å². The van der Waals surface area contributed by atoms with Crippen LogP contribution in [0.25, 0.3) is 0 Å². The van der Waals surface area contributed by atoms with Crippen LogP contribution in [0.2, 0.25) is 0 Å². The van der Waals surface area contributed by atoms with Crippen molar-refractivity contribution in [1.82, 2.24) is 5.32 Å². The predicted molar refractivity (Wildman–Crippen MR) is 106 cm³/mol. The molecule has 122 valence electrons. The summed E-state index contributed by atoms with van der Waals surface area (Å²) in [6.45, 7) is 5.34. The Balaban J connectivity index is 1.76. The number of rotatable bonds is 7. The van der Waals surface area contributed by atoms with E-state index in [-0.39, 0.29) is 0 Å². The topological polar surface area (TPSA) is 24.1 Å². The van der Waals surface area contributed by atoms with Gasteiger partial charge in [0.05, 0.1) is 0 Å². The van der Waals surface area contributed by atoms with E-state index < -0.39 is 0 Å². The summed E-state index contributed by atoms with van der Waals surface area (Å²) >= 11 is 7.16. The Labute approximate surface area is 149 Å². The van der Waals surface area contributed by atoms with Gasteiger partial charge in [-0.2, -0.15) is 0 Å². The van der Waals surface area contributed by atoms with Crippen LogP contribution in [0.5, 0.6) is 0 Å². The molecule has 0 amide bonds. The Hall–Kier alpha value is -1.52. The lowest BCUT2D eigenvalue weighted by molar-refractivity contribution is 0.579. The van der Waals surface area contributed by atoms with Crippen molar-refractivity contribution >= 4 is 34.8 Å². The van der Waals surface area contributed by atoms with Crippen LogP contribution < -0.4 is 10.6 Å². The van der Waals surface area contributed by atoms with E-state index in [9.17, 15) is 0 Å². The normalized spacial score (nSPS) is 10.6. The summed E-state index contributed by atoms with van der Waals surface area (Å²) in [5.41, 5.74) is 2.34. The van der Waals surface area contributed by atoms with Crippen molar-refractivity contribution < 1.29 is 0 Å². The van der Waals surface area contributed by atoms with Gasteiger partial charge in [-0.15, -0.1) is 11.8 Å². The highest BCUT2D eigenvalue weighted by Gasteiger charge is 2.00. The zero-order chi connectivity index (χ0) is 16.5. The van der Waals surface area contributed by atoms with Crippen LogP contribution in [0.4, 0.5) is 5.69 Å². The average molecular weight is 345 g/mol. The molecule has 2 N–H and O–H groups in total. The maximum absolute atomic E-state index is 5.31.